The van der Waals surface area contributed by atoms with Crippen molar-refractivity contribution in [3.05, 3.63) is 157 Å². The lowest BCUT2D eigenvalue weighted by Gasteiger charge is -2.34. The molecule has 0 fully saturated rings. The minimum absolute atomic E-state index is 0.0155. The molecule has 1 aliphatic carbocycles. The molecule has 0 aromatic heterocycles. The molecule has 4 heteroatoms. The molecular formula is C43H30BNO2. The SMILES string of the molecule is CC1(C)c2cc(N(c3ccccc3)c3ccccc3)ccc2-c2c1ccc1c2Oc2cccc3c2B1c1ccc2ccccc2c1O3. The van der Waals surface area contributed by atoms with Crippen LogP contribution in [0.3, 0.4) is 0 Å². The Balaban J connectivity index is 1.18. The molecule has 0 spiro atoms. The largest absolute Gasteiger partial charge is 0.458 e. The van der Waals surface area contributed by atoms with Gasteiger partial charge < -0.3 is 14.4 Å². The molecule has 222 valence electrons. The van der Waals surface area contributed by atoms with Gasteiger partial charge in [0.05, 0.1) is 0 Å². The molecule has 7 aromatic carbocycles. The number of benzene rings is 7. The lowest BCUT2D eigenvalue weighted by molar-refractivity contribution is 0.467. The van der Waals surface area contributed by atoms with Crippen LogP contribution >= 0.6 is 0 Å². The summed E-state index contributed by atoms with van der Waals surface area (Å²) in [4.78, 5) is 2.34. The van der Waals surface area contributed by atoms with Crippen LogP contribution < -0.4 is 30.8 Å². The summed E-state index contributed by atoms with van der Waals surface area (Å²) in [6.45, 7) is 4.70. The summed E-state index contributed by atoms with van der Waals surface area (Å²) < 4.78 is 13.6. The average Bonchev–Trinajstić information content (AvgIpc) is 3.35. The van der Waals surface area contributed by atoms with E-state index >= 15 is 0 Å². The van der Waals surface area contributed by atoms with Gasteiger partial charge in [-0.1, -0.05) is 111 Å². The predicted octanol–water partition coefficient (Wildman–Crippen LogP) is 9.34. The maximum absolute atomic E-state index is 6.95. The maximum atomic E-state index is 6.95. The monoisotopic (exact) mass is 603 g/mol. The van der Waals surface area contributed by atoms with E-state index in [0.29, 0.717) is 0 Å². The van der Waals surface area contributed by atoms with Crippen molar-refractivity contribution in [1.82, 2.24) is 0 Å². The first-order chi connectivity index (χ1) is 23.1. The minimum atomic E-state index is -0.218. The Morgan fingerprint density at radius 2 is 1.17 bits per heavy atom. The Morgan fingerprint density at radius 3 is 1.91 bits per heavy atom. The fourth-order valence-electron chi connectivity index (χ4n) is 8.16. The quantitative estimate of drug-likeness (QED) is 0.188. The third-order valence-electron chi connectivity index (χ3n) is 10.4. The molecule has 0 atom stereocenters. The first-order valence-corrected chi connectivity index (χ1v) is 16.3. The second-order valence-corrected chi connectivity index (χ2v) is 13.3. The highest BCUT2D eigenvalue weighted by Gasteiger charge is 2.45. The van der Waals surface area contributed by atoms with Crippen molar-refractivity contribution in [1.29, 1.82) is 0 Å². The van der Waals surface area contributed by atoms with Gasteiger partial charge in [0.25, 0.3) is 6.71 Å². The van der Waals surface area contributed by atoms with Crippen molar-refractivity contribution in [3.63, 3.8) is 0 Å². The molecule has 0 amide bonds. The molecule has 47 heavy (non-hydrogen) atoms. The molecule has 2 aliphatic heterocycles. The Morgan fingerprint density at radius 1 is 0.532 bits per heavy atom. The van der Waals surface area contributed by atoms with E-state index in [9.17, 15) is 0 Å². The fraction of sp³-hybridized carbons (Fsp3) is 0.0698. The van der Waals surface area contributed by atoms with Gasteiger partial charge in [-0.25, -0.2) is 0 Å². The van der Waals surface area contributed by atoms with Gasteiger partial charge in [-0.15, -0.1) is 0 Å². The Kier molecular flexibility index (Phi) is 5.43. The van der Waals surface area contributed by atoms with Gasteiger partial charge in [0, 0.05) is 38.9 Å². The highest BCUT2D eigenvalue weighted by Crippen LogP contribution is 2.54. The van der Waals surface area contributed by atoms with Crippen molar-refractivity contribution in [2.75, 3.05) is 4.90 Å². The molecule has 0 bridgehead atoms. The van der Waals surface area contributed by atoms with E-state index in [1.165, 1.54) is 38.6 Å². The smallest absolute Gasteiger partial charge is 0.260 e. The van der Waals surface area contributed by atoms with Gasteiger partial charge in [-0.05, 0) is 81.5 Å². The first kappa shape index (κ1) is 26.5. The van der Waals surface area contributed by atoms with E-state index in [1.807, 2.05) is 6.07 Å². The van der Waals surface area contributed by atoms with Crippen LogP contribution in [-0.2, 0) is 5.41 Å². The van der Waals surface area contributed by atoms with Crippen molar-refractivity contribution in [3.8, 4) is 34.1 Å². The third kappa shape index (κ3) is 3.70. The summed E-state index contributed by atoms with van der Waals surface area (Å²) in [6, 6.07) is 52.0. The zero-order valence-corrected chi connectivity index (χ0v) is 26.2. The third-order valence-corrected chi connectivity index (χ3v) is 10.4. The number of para-hydroxylation sites is 2. The molecular weight excluding hydrogens is 573 g/mol. The van der Waals surface area contributed by atoms with Crippen molar-refractivity contribution in [2.24, 2.45) is 0 Å². The van der Waals surface area contributed by atoms with E-state index in [1.54, 1.807) is 0 Å². The summed E-state index contributed by atoms with van der Waals surface area (Å²) in [7, 11) is 0. The molecule has 0 N–H and O–H groups in total. The Bertz CT molecular complexity index is 2360. The van der Waals surface area contributed by atoms with E-state index in [-0.39, 0.29) is 12.1 Å². The number of fused-ring (bicyclic) bond motifs is 10. The topological polar surface area (TPSA) is 21.7 Å². The summed E-state index contributed by atoms with van der Waals surface area (Å²) in [5, 5.41) is 2.31. The second-order valence-electron chi connectivity index (χ2n) is 13.3. The normalized spacial score (nSPS) is 14.2. The maximum Gasteiger partial charge on any atom is 0.260 e. The highest BCUT2D eigenvalue weighted by atomic mass is 16.5. The van der Waals surface area contributed by atoms with Crippen LogP contribution in [0.25, 0.3) is 21.9 Å². The minimum Gasteiger partial charge on any atom is -0.458 e. The van der Waals surface area contributed by atoms with Gasteiger partial charge in [-0.2, -0.15) is 0 Å². The number of anilines is 3. The summed E-state index contributed by atoms with van der Waals surface area (Å²) >= 11 is 0. The predicted molar refractivity (Wildman–Crippen MR) is 194 cm³/mol. The van der Waals surface area contributed by atoms with Crippen LogP contribution in [0.1, 0.15) is 25.0 Å². The average molecular weight is 604 g/mol. The van der Waals surface area contributed by atoms with Crippen LogP contribution in [0, 0.1) is 0 Å². The number of rotatable bonds is 3. The van der Waals surface area contributed by atoms with Crippen LogP contribution in [0.5, 0.6) is 23.0 Å². The van der Waals surface area contributed by atoms with Gasteiger partial charge in [0.1, 0.15) is 23.0 Å². The summed E-state index contributed by atoms with van der Waals surface area (Å²) in [5.74, 6) is 3.64. The van der Waals surface area contributed by atoms with Crippen LogP contribution in [0.4, 0.5) is 17.1 Å². The van der Waals surface area contributed by atoms with E-state index < -0.39 is 0 Å². The molecule has 3 nitrogen and oxygen atoms in total. The molecule has 0 radical (unpaired) electrons. The van der Waals surface area contributed by atoms with Crippen molar-refractivity contribution < 1.29 is 9.47 Å². The van der Waals surface area contributed by atoms with Gasteiger partial charge in [-0.3, -0.25) is 0 Å². The number of ether oxygens (including phenoxy) is 2. The second kappa shape index (κ2) is 9.64. The van der Waals surface area contributed by atoms with E-state index in [2.05, 4.69) is 158 Å². The van der Waals surface area contributed by atoms with E-state index in [4.69, 9.17) is 9.47 Å². The van der Waals surface area contributed by atoms with Crippen molar-refractivity contribution in [2.45, 2.75) is 19.3 Å². The number of hydrogen-bond acceptors (Lipinski definition) is 3. The van der Waals surface area contributed by atoms with Crippen LogP contribution in [-0.4, -0.2) is 6.71 Å². The lowest BCUT2D eigenvalue weighted by Crippen LogP contribution is -2.57. The lowest BCUT2D eigenvalue weighted by atomic mass is 9.34. The van der Waals surface area contributed by atoms with E-state index in [0.717, 1.165) is 50.9 Å². The fourth-order valence-corrected chi connectivity index (χ4v) is 8.16. The highest BCUT2D eigenvalue weighted by molar-refractivity contribution is 6.98. The number of hydrogen-bond donors (Lipinski definition) is 0. The van der Waals surface area contributed by atoms with Gasteiger partial charge in [0.2, 0.25) is 0 Å². The summed E-state index contributed by atoms with van der Waals surface area (Å²) in [6.07, 6.45) is 0. The Labute approximate surface area is 274 Å². The molecule has 7 aromatic rings. The first-order valence-electron chi connectivity index (χ1n) is 16.3. The zero-order chi connectivity index (χ0) is 31.3. The molecule has 0 saturated carbocycles. The molecule has 0 unspecified atom stereocenters. The number of nitrogens with zero attached hydrogens (tertiary/aromatic N) is 1. The van der Waals surface area contributed by atoms with Crippen LogP contribution in [0.2, 0.25) is 0 Å². The molecule has 0 saturated heterocycles. The van der Waals surface area contributed by atoms with Gasteiger partial charge in [0.15, 0.2) is 0 Å². The molecule has 10 rings (SSSR count). The molecule has 2 heterocycles. The van der Waals surface area contributed by atoms with Gasteiger partial charge >= 0.3 is 0 Å². The standard InChI is InChI=1S/C43H30BNO2/c1-43(2)33-23-25-36-42(47-38-19-11-18-37-40(38)44(36)35-24-20-27-12-9-10-17-31(27)41(35)46-37)39(33)32-22-21-30(26-34(32)43)45(28-13-5-3-6-14-28)29-15-7-4-8-16-29/h3-26H,1-2H3. The Hall–Kier alpha value is -5.74. The molecule has 3 aliphatic rings. The zero-order valence-electron chi connectivity index (χ0n) is 26.2. The summed E-state index contributed by atoms with van der Waals surface area (Å²) in [5.41, 5.74) is 11.7. The van der Waals surface area contributed by atoms with Crippen LogP contribution in [0.15, 0.2) is 146 Å². The van der Waals surface area contributed by atoms with Crippen molar-refractivity contribution >= 4 is 50.9 Å².